The minimum absolute atomic E-state index is 0.0204. The molecule has 1 amide bonds. The number of thiazole rings is 1. The number of pyridine rings is 1. The second-order valence-corrected chi connectivity index (χ2v) is 10.3. The highest BCUT2D eigenvalue weighted by Crippen LogP contribution is 2.45. The topological polar surface area (TPSA) is 92.6 Å². The molecule has 180 valence electrons. The van der Waals surface area contributed by atoms with E-state index >= 15 is 0 Å². The predicted octanol–water partition coefficient (Wildman–Crippen LogP) is 5.26. The maximum absolute atomic E-state index is 13.5. The van der Waals surface area contributed by atoms with Gasteiger partial charge < -0.3 is 9.84 Å². The molecule has 2 aromatic carbocycles. The molecular weight excluding hydrogens is 474 g/mol. The molecule has 0 radical (unpaired) electrons. The van der Waals surface area contributed by atoms with Crippen molar-refractivity contribution in [2.45, 2.75) is 39.3 Å². The number of hydrogen-bond acceptors (Lipinski definition) is 7. The van der Waals surface area contributed by atoms with Gasteiger partial charge in [0.1, 0.15) is 17.6 Å². The smallest absolute Gasteiger partial charge is 0.301 e. The number of ketones is 1. The summed E-state index contributed by atoms with van der Waals surface area (Å²) in [6.07, 6.45) is 3.99. The van der Waals surface area contributed by atoms with E-state index < -0.39 is 17.7 Å². The summed E-state index contributed by atoms with van der Waals surface area (Å²) in [4.78, 5) is 37.2. The van der Waals surface area contributed by atoms with Crippen LogP contribution in [-0.2, 0) is 16.0 Å². The normalized spacial score (nSPS) is 20.7. The number of amides is 1. The maximum atomic E-state index is 13.5. The first-order valence-corrected chi connectivity index (χ1v) is 12.5. The lowest BCUT2D eigenvalue weighted by Crippen LogP contribution is -2.29. The Morgan fingerprint density at radius 3 is 2.78 bits per heavy atom. The minimum Gasteiger partial charge on any atom is -0.507 e. The second kappa shape index (κ2) is 8.27. The molecule has 36 heavy (non-hydrogen) atoms. The quantitative estimate of drug-likeness (QED) is 0.236. The van der Waals surface area contributed by atoms with Crippen molar-refractivity contribution >= 4 is 44.1 Å². The van der Waals surface area contributed by atoms with E-state index in [9.17, 15) is 14.7 Å². The zero-order valence-electron chi connectivity index (χ0n) is 20.0. The van der Waals surface area contributed by atoms with Crippen LogP contribution in [0.3, 0.4) is 0 Å². The van der Waals surface area contributed by atoms with Gasteiger partial charge in [-0.15, -0.1) is 0 Å². The van der Waals surface area contributed by atoms with Gasteiger partial charge in [0, 0.05) is 24.4 Å². The van der Waals surface area contributed by atoms with Crippen molar-refractivity contribution in [3.05, 3.63) is 88.2 Å². The Morgan fingerprint density at radius 1 is 1.17 bits per heavy atom. The number of hydrogen-bond donors (Lipinski definition) is 1. The molecule has 6 rings (SSSR count). The molecule has 7 nitrogen and oxygen atoms in total. The molecular formula is C28H23N3O4S. The fourth-order valence-corrected chi connectivity index (χ4v) is 6.24. The first kappa shape index (κ1) is 22.4. The Morgan fingerprint density at radius 2 is 2.00 bits per heavy atom. The zero-order valence-corrected chi connectivity index (χ0v) is 20.8. The van der Waals surface area contributed by atoms with Crippen LogP contribution >= 0.6 is 11.3 Å². The number of aromatic nitrogens is 2. The number of aliphatic hydroxyl groups excluding tert-OH is 1. The molecule has 4 aromatic rings. The molecule has 0 saturated carbocycles. The second-order valence-electron chi connectivity index (χ2n) is 9.34. The van der Waals surface area contributed by atoms with Gasteiger partial charge in [-0.05, 0) is 73.4 Å². The SMILES string of the molecule is Cc1cc(C)c2nc(N3C(=O)C(=O)/C(=C(/O)c4ccc5c(c4)C[C@H](C)O5)[C@@H]3c3cccnc3)sc2c1. The standard InChI is InChI=1S/C28H23N3O4S/c1-14-9-15(2)23-21(10-14)36-28(30-23)31-24(18-5-4-8-29-13-18)22(26(33)27(31)34)25(32)17-6-7-20-19(12-17)11-16(3)35-20/h4-10,12-13,16,24,32H,11H2,1-3H3/b25-22+/t16-,24-/m0/s1. The number of aryl methyl sites for hydroxylation is 2. The molecule has 0 aliphatic carbocycles. The number of anilines is 1. The molecule has 0 spiro atoms. The number of carbonyl (C=O) groups excluding carboxylic acids is 2. The molecule has 2 aliphatic rings. The van der Waals surface area contributed by atoms with Crippen molar-refractivity contribution in [3.63, 3.8) is 0 Å². The number of aliphatic hydroxyl groups is 1. The van der Waals surface area contributed by atoms with Crippen molar-refractivity contribution in [2.75, 3.05) is 4.90 Å². The Labute approximate surface area is 211 Å². The predicted molar refractivity (Wildman–Crippen MR) is 138 cm³/mol. The van der Waals surface area contributed by atoms with Crippen LogP contribution in [0.4, 0.5) is 5.13 Å². The van der Waals surface area contributed by atoms with Gasteiger partial charge >= 0.3 is 5.91 Å². The van der Waals surface area contributed by atoms with Crippen molar-refractivity contribution in [1.29, 1.82) is 0 Å². The van der Waals surface area contributed by atoms with Crippen LogP contribution in [0.15, 0.2) is 60.4 Å². The molecule has 0 bridgehead atoms. The highest BCUT2D eigenvalue weighted by atomic mass is 32.1. The first-order chi connectivity index (χ1) is 17.3. The summed E-state index contributed by atoms with van der Waals surface area (Å²) in [5.41, 5.74) is 4.94. The molecule has 1 fully saturated rings. The number of fused-ring (bicyclic) bond motifs is 2. The van der Waals surface area contributed by atoms with Crippen LogP contribution in [0.2, 0.25) is 0 Å². The zero-order chi connectivity index (χ0) is 25.1. The lowest BCUT2D eigenvalue weighted by molar-refractivity contribution is -0.132. The lowest BCUT2D eigenvalue weighted by Gasteiger charge is -2.22. The molecule has 4 heterocycles. The Hall–Kier alpha value is -4.04. The summed E-state index contributed by atoms with van der Waals surface area (Å²) in [5, 5.41) is 11.8. The third-order valence-electron chi connectivity index (χ3n) is 6.64. The van der Waals surface area contributed by atoms with Crippen molar-refractivity contribution in [1.82, 2.24) is 9.97 Å². The molecule has 0 unspecified atom stereocenters. The van der Waals surface area contributed by atoms with Crippen LogP contribution in [0, 0.1) is 13.8 Å². The van der Waals surface area contributed by atoms with Gasteiger partial charge in [0.15, 0.2) is 5.13 Å². The molecule has 2 atom stereocenters. The van der Waals surface area contributed by atoms with E-state index in [-0.39, 0.29) is 17.4 Å². The third-order valence-corrected chi connectivity index (χ3v) is 7.64. The third kappa shape index (κ3) is 3.48. The number of benzene rings is 2. The highest BCUT2D eigenvalue weighted by molar-refractivity contribution is 7.22. The molecule has 2 aliphatic heterocycles. The van der Waals surface area contributed by atoms with E-state index in [4.69, 9.17) is 9.72 Å². The van der Waals surface area contributed by atoms with Gasteiger partial charge in [-0.1, -0.05) is 23.5 Å². The van der Waals surface area contributed by atoms with E-state index in [1.807, 2.05) is 39.0 Å². The Bertz CT molecular complexity index is 1590. The number of ether oxygens (including phenoxy) is 1. The molecule has 2 aromatic heterocycles. The number of Topliss-reactive ketones (excluding diaryl/α,β-unsaturated/α-hetero) is 1. The van der Waals surface area contributed by atoms with Gasteiger partial charge in [-0.2, -0.15) is 0 Å². The average Bonchev–Trinajstić information content (AvgIpc) is 3.52. The summed E-state index contributed by atoms with van der Waals surface area (Å²) in [6, 6.07) is 12.1. The number of rotatable bonds is 3. The fraction of sp³-hybridized carbons (Fsp3) is 0.214. The van der Waals surface area contributed by atoms with Crippen LogP contribution in [0.5, 0.6) is 5.75 Å². The van der Waals surface area contributed by atoms with Crippen LogP contribution in [0.25, 0.3) is 16.0 Å². The summed E-state index contributed by atoms with van der Waals surface area (Å²) in [6.45, 7) is 5.97. The molecule has 8 heteroatoms. The summed E-state index contributed by atoms with van der Waals surface area (Å²) in [5.74, 6) is -0.931. The van der Waals surface area contributed by atoms with Gasteiger partial charge in [0.25, 0.3) is 5.78 Å². The summed E-state index contributed by atoms with van der Waals surface area (Å²) < 4.78 is 6.71. The largest absolute Gasteiger partial charge is 0.507 e. The van der Waals surface area contributed by atoms with Crippen molar-refractivity contribution in [2.24, 2.45) is 0 Å². The van der Waals surface area contributed by atoms with Gasteiger partial charge in [-0.25, -0.2) is 4.98 Å². The van der Waals surface area contributed by atoms with Crippen LogP contribution in [0.1, 0.15) is 40.8 Å². The van der Waals surface area contributed by atoms with Gasteiger partial charge in [0.05, 0.1) is 21.8 Å². The highest BCUT2D eigenvalue weighted by Gasteiger charge is 2.48. The van der Waals surface area contributed by atoms with E-state index in [1.165, 1.54) is 16.2 Å². The van der Waals surface area contributed by atoms with Crippen molar-refractivity contribution in [3.8, 4) is 5.75 Å². The summed E-state index contributed by atoms with van der Waals surface area (Å²) in [7, 11) is 0. The fourth-order valence-electron chi connectivity index (χ4n) is 5.07. The average molecular weight is 498 g/mol. The first-order valence-electron chi connectivity index (χ1n) is 11.7. The number of carbonyl (C=O) groups is 2. The van der Waals surface area contributed by atoms with E-state index in [1.54, 1.807) is 36.7 Å². The monoisotopic (exact) mass is 497 g/mol. The Kier molecular flexibility index (Phi) is 5.15. The van der Waals surface area contributed by atoms with Gasteiger partial charge in [-0.3, -0.25) is 19.5 Å². The van der Waals surface area contributed by atoms with Gasteiger partial charge in [0.2, 0.25) is 0 Å². The van der Waals surface area contributed by atoms with Crippen LogP contribution in [-0.4, -0.2) is 32.9 Å². The molecule has 1 N–H and O–H groups in total. The van der Waals surface area contributed by atoms with E-state index in [0.29, 0.717) is 22.7 Å². The summed E-state index contributed by atoms with van der Waals surface area (Å²) >= 11 is 1.35. The Balaban J connectivity index is 1.54. The molecule has 1 saturated heterocycles. The van der Waals surface area contributed by atoms with Crippen molar-refractivity contribution < 1.29 is 19.4 Å². The lowest BCUT2D eigenvalue weighted by atomic mass is 9.95. The van der Waals surface area contributed by atoms with E-state index in [2.05, 4.69) is 4.98 Å². The number of nitrogens with zero attached hydrogens (tertiary/aromatic N) is 3. The maximum Gasteiger partial charge on any atom is 0.301 e. The minimum atomic E-state index is -0.857. The van der Waals surface area contributed by atoms with Crippen LogP contribution < -0.4 is 9.64 Å². The van der Waals surface area contributed by atoms with E-state index in [0.717, 1.165) is 32.7 Å².